The smallest absolute Gasteiger partial charge is 0.164 e. The lowest BCUT2D eigenvalue weighted by molar-refractivity contribution is 0.670. The van der Waals surface area contributed by atoms with Crippen LogP contribution in [0.15, 0.2) is 168 Å². The van der Waals surface area contributed by atoms with Crippen LogP contribution in [0.4, 0.5) is 0 Å². The highest BCUT2D eigenvalue weighted by atomic mass is 16.3. The van der Waals surface area contributed by atoms with Crippen molar-refractivity contribution in [3.63, 3.8) is 0 Å². The van der Waals surface area contributed by atoms with Gasteiger partial charge in [-0.15, -0.1) is 0 Å². The van der Waals surface area contributed by atoms with E-state index in [1.165, 1.54) is 32.3 Å². The fourth-order valence-corrected chi connectivity index (χ4v) is 7.24. The zero-order valence-electron chi connectivity index (χ0n) is 26.3. The summed E-state index contributed by atoms with van der Waals surface area (Å²) >= 11 is 0. The number of nitrogens with zero attached hydrogens (tertiary/aromatic N) is 3. The molecule has 0 N–H and O–H groups in total. The van der Waals surface area contributed by atoms with E-state index in [-0.39, 0.29) is 0 Å². The third-order valence-electron chi connectivity index (χ3n) is 9.52. The number of furan rings is 1. The van der Waals surface area contributed by atoms with Crippen LogP contribution in [-0.4, -0.2) is 15.0 Å². The van der Waals surface area contributed by atoms with Gasteiger partial charge in [-0.05, 0) is 62.1 Å². The first-order valence-corrected chi connectivity index (χ1v) is 16.5. The minimum absolute atomic E-state index is 0.602. The molecule has 0 spiro atoms. The zero-order valence-corrected chi connectivity index (χ0v) is 26.3. The van der Waals surface area contributed by atoms with Gasteiger partial charge in [0.2, 0.25) is 0 Å². The summed E-state index contributed by atoms with van der Waals surface area (Å²) in [6.07, 6.45) is 0. The highest BCUT2D eigenvalue weighted by Gasteiger charge is 2.22. The molecule has 0 aliphatic rings. The maximum atomic E-state index is 6.81. The number of rotatable bonds is 4. The molecular weight excluding hydrogens is 599 g/mol. The summed E-state index contributed by atoms with van der Waals surface area (Å²) in [5.74, 6) is 1.86. The van der Waals surface area contributed by atoms with E-state index in [2.05, 4.69) is 91.0 Å². The Balaban J connectivity index is 1.29. The number of hydrogen-bond acceptors (Lipinski definition) is 4. The van der Waals surface area contributed by atoms with Gasteiger partial charge in [-0.1, -0.05) is 140 Å². The highest BCUT2D eigenvalue weighted by molar-refractivity contribution is 6.23. The van der Waals surface area contributed by atoms with Crippen LogP contribution in [0.3, 0.4) is 0 Å². The Morgan fingerprint density at radius 1 is 0.347 bits per heavy atom. The molecule has 0 atom stereocenters. The summed E-state index contributed by atoms with van der Waals surface area (Å²) in [5.41, 5.74) is 6.55. The SMILES string of the molecule is c1ccc(-c2nc(-c3ccccc3)nc(-c3ccc(-c4cc5c6ccccc6ccc5c5ccccc45)c4oc5ccccc5c34)n2)cc1. The third-order valence-corrected chi connectivity index (χ3v) is 9.52. The molecule has 2 heterocycles. The first-order chi connectivity index (χ1) is 24.3. The molecule has 0 radical (unpaired) electrons. The van der Waals surface area contributed by atoms with Gasteiger partial charge in [0.25, 0.3) is 0 Å². The minimum Gasteiger partial charge on any atom is -0.455 e. The summed E-state index contributed by atoms with van der Waals surface area (Å²) in [4.78, 5) is 15.1. The van der Waals surface area contributed by atoms with Crippen LogP contribution in [0.5, 0.6) is 0 Å². The fourth-order valence-electron chi connectivity index (χ4n) is 7.24. The van der Waals surface area contributed by atoms with Crippen LogP contribution < -0.4 is 0 Å². The van der Waals surface area contributed by atoms with Crippen LogP contribution in [0.1, 0.15) is 0 Å². The number of benzene rings is 8. The van der Waals surface area contributed by atoms with Gasteiger partial charge >= 0.3 is 0 Å². The van der Waals surface area contributed by atoms with Crippen LogP contribution >= 0.6 is 0 Å². The fraction of sp³-hybridized carbons (Fsp3) is 0. The number of fused-ring (bicyclic) bond motifs is 8. The van der Waals surface area contributed by atoms with E-state index in [0.717, 1.165) is 49.8 Å². The largest absolute Gasteiger partial charge is 0.455 e. The van der Waals surface area contributed by atoms with Crippen molar-refractivity contribution in [2.24, 2.45) is 0 Å². The quantitative estimate of drug-likeness (QED) is 0.183. The topological polar surface area (TPSA) is 51.8 Å². The van der Waals surface area contributed by atoms with Crippen LogP contribution in [-0.2, 0) is 0 Å². The molecule has 10 rings (SSSR count). The van der Waals surface area contributed by atoms with E-state index in [9.17, 15) is 0 Å². The zero-order chi connectivity index (χ0) is 32.3. The Kier molecular flexibility index (Phi) is 6.15. The Labute approximate surface area is 282 Å². The first-order valence-electron chi connectivity index (χ1n) is 16.5. The molecule has 8 aromatic carbocycles. The molecule has 2 aromatic heterocycles. The van der Waals surface area contributed by atoms with Gasteiger partial charge in [-0.2, -0.15) is 0 Å². The Hall–Kier alpha value is -6.65. The second-order valence-electron chi connectivity index (χ2n) is 12.4. The molecule has 0 unspecified atom stereocenters. The van der Waals surface area contributed by atoms with Crippen molar-refractivity contribution >= 4 is 54.3 Å². The lowest BCUT2D eigenvalue weighted by atomic mass is 9.89. The lowest BCUT2D eigenvalue weighted by Gasteiger charge is -2.14. The Morgan fingerprint density at radius 3 is 1.63 bits per heavy atom. The highest BCUT2D eigenvalue weighted by Crippen LogP contribution is 2.45. The molecule has 4 nitrogen and oxygen atoms in total. The summed E-state index contributed by atoms with van der Waals surface area (Å²) in [5, 5.41) is 9.31. The van der Waals surface area contributed by atoms with E-state index in [1.54, 1.807) is 0 Å². The molecule has 10 aromatic rings. The Bertz CT molecular complexity index is 2820. The van der Waals surface area contributed by atoms with Crippen molar-refractivity contribution in [1.82, 2.24) is 15.0 Å². The van der Waals surface area contributed by atoms with E-state index in [0.29, 0.717) is 17.5 Å². The number of aromatic nitrogens is 3. The van der Waals surface area contributed by atoms with Crippen molar-refractivity contribution < 1.29 is 4.42 Å². The predicted molar refractivity (Wildman–Crippen MR) is 201 cm³/mol. The average Bonchev–Trinajstić information content (AvgIpc) is 3.57. The second-order valence-corrected chi connectivity index (χ2v) is 12.4. The third kappa shape index (κ3) is 4.42. The Morgan fingerprint density at radius 2 is 0.898 bits per heavy atom. The van der Waals surface area contributed by atoms with Crippen LogP contribution in [0, 0.1) is 0 Å². The van der Waals surface area contributed by atoms with Gasteiger partial charge < -0.3 is 4.42 Å². The summed E-state index contributed by atoms with van der Waals surface area (Å²) < 4.78 is 6.81. The summed E-state index contributed by atoms with van der Waals surface area (Å²) in [6.45, 7) is 0. The molecule has 0 saturated heterocycles. The molecule has 0 bridgehead atoms. The molecule has 49 heavy (non-hydrogen) atoms. The van der Waals surface area contributed by atoms with E-state index in [4.69, 9.17) is 19.4 Å². The minimum atomic E-state index is 0.602. The summed E-state index contributed by atoms with van der Waals surface area (Å²) in [7, 11) is 0. The lowest BCUT2D eigenvalue weighted by Crippen LogP contribution is -2.00. The van der Waals surface area contributed by atoms with Crippen molar-refractivity contribution in [2.45, 2.75) is 0 Å². The van der Waals surface area contributed by atoms with Gasteiger partial charge in [0, 0.05) is 33.0 Å². The van der Waals surface area contributed by atoms with Gasteiger partial charge in [-0.25, -0.2) is 15.0 Å². The maximum Gasteiger partial charge on any atom is 0.164 e. The molecule has 0 amide bonds. The van der Waals surface area contributed by atoms with Gasteiger partial charge in [0.05, 0.1) is 0 Å². The molecule has 0 saturated carbocycles. The van der Waals surface area contributed by atoms with Crippen molar-refractivity contribution in [3.05, 3.63) is 164 Å². The standard InChI is InChI=1S/C45H27N3O/c1-3-14-29(15-4-1)43-46-44(30-16-5-2-6-17-30)48-45(47-43)37-26-25-35(42-41(37)36-21-11-12-22-40(36)49-42)39-27-38-31-18-8-7-13-28(31)23-24-34(38)32-19-9-10-20-33(32)39/h1-27H. The van der Waals surface area contributed by atoms with Gasteiger partial charge in [-0.3, -0.25) is 0 Å². The first kappa shape index (κ1) is 27.5. The molecular formula is C45H27N3O. The molecule has 0 aliphatic carbocycles. The second kappa shape index (κ2) is 11.0. The monoisotopic (exact) mass is 625 g/mol. The molecule has 4 heteroatoms. The van der Waals surface area contributed by atoms with Crippen molar-refractivity contribution in [3.8, 4) is 45.3 Å². The number of para-hydroxylation sites is 1. The van der Waals surface area contributed by atoms with Gasteiger partial charge in [0.15, 0.2) is 17.5 Å². The molecule has 0 aliphatic heterocycles. The van der Waals surface area contributed by atoms with Crippen LogP contribution in [0.2, 0.25) is 0 Å². The molecule has 0 fully saturated rings. The van der Waals surface area contributed by atoms with Crippen LogP contribution in [0.25, 0.3) is 99.5 Å². The predicted octanol–water partition coefficient (Wildman–Crippen LogP) is 11.9. The normalized spacial score (nSPS) is 11.7. The van der Waals surface area contributed by atoms with E-state index >= 15 is 0 Å². The maximum absolute atomic E-state index is 6.81. The van der Waals surface area contributed by atoms with E-state index in [1.807, 2.05) is 72.8 Å². The summed E-state index contributed by atoms with van der Waals surface area (Å²) in [6, 6.07) is 56.8. The van der Waals surface area contributed by atoms with Crippen molar-refractivity contribution in [2.75, 3.05) is 0 Å². The van der Waals surface area contributed by atoms with E-state index < -0.39 is 0 Å². The average molecular weight is 626 g/mol. The number of hydrogen-bond donors (Lipinski definition) is 0. The van der Waals surface area contributed by atoms with Gasteiger partial charge in [0.1, 0.15) is 11.2 Å². The molecule has 228 valence electrons. The van der Waals surface area contributed by atoms with Crippen molar-refractivity contribution in [1.29, 1.82) is 0 Å².